The quantitative estimate of drug-likeness (QED) is 0.431. The molecule has 2 aliphatic rings. The molecule has 0 bridgehead atoms. The molecule has 2 aromatic heterocycles. The normalized spacial score (nSPS) is 23.5. The summed E-state index contributed by atoms with van der Waals surface area (Å²) in [5.74, 6) is -3.06. The van der Waals surface area contributed by atoms with Crippen molar-refractivity contribution in [3.63, 3.8) is 0 Å². The maximum atomic E-state index is 16.1. The Balaban J connectivity index is 1.71. The molecule has 3 heterocycles. The molecule has 8 nitrogen and oxygen atoms in total. The summed E-state index contributed by atoms with van der Waals surface area (Å²) in [7, 11) is 0. The van der Waals surface area contributed by atoms with Gasteiger partial charge in [-0.1, -0.05) is 19.1 Å². The third-order valence-electron chi connectivity index (χ3n) is 6.82. The van der Waals surface area contributed by atoms with Gasteiger partial charge in [0.15, 0.2) is 17.4 Å². The van der Waals surface area contributed by atoms with Gasteiger partial charge in [0.05, 0.1) is 22.8 Å². The van der Waals surface area contributed by atoms with E-state index in [4.69, 9.17) is 10.8 Å². The maximum absolute atomic E-state index is 16.1. The smallest absolute Gasteiger partial charge is 0.449 e. The van der Waals surface area contributed by atoms with Crippen LogP contribution >= 0.6 is 0 Å². The summed E-state index contributed by atoms with van der Waals surface area (Å²) in [4.78, 5) is 29.9. The van der Waals surface area contributed by atoms with Gasteiger partial charge in [-0.15, -0.1) is 0 Å². The molecular formula is C24H21F3N4O4. The monoisotopic (exact) mass is 486 g/mol. The minimum atomic E-state index is -1.78. The van der Waals surface area contributed by atoms with Crippen LogP contribution in [0.4, 0.5) is 23.8 Å². The number of ether oxygens (including phenoxy) is 1. The minimum Gasteiger partial charge on any atom is -0.449 e. The molecule has 11 heteroatoms. The summed E-state index contributed by atoms with van der Waals surface area (Å²) >= 11 is 0. The molecule has 1 saturated heterocycles. The number of halogens is 3. The number of benzene rings is 1. The zero-order chi connectivity index (χ0) is 25.0. The molecule has 3 N–H and O–H groups in total. The largest absolute Gasteiger partial charge is 0.511 e. The Morgan fingerprint density at radius 3 is 2.63 bits per heavy atom. The number of nitrogens with zero attached hydrogens (tertiary/aromatic N) is 3. The van der Waals surface area contributed by atoms with Crippen molar-refractivity contribution < 1.29 is 27.8 Å². The second-order valence-corrected chi connectivity index (χ2v) is 8.87. The van der Waals surface area contributed by atoms with Gasteiger partial charge in [-0.05, 0) is 24.0 Å². The average molecular weight is 486 g/mol. The first kappa shape index (κ1) is 22.9. The van der Waals surface area contributed by atoms with Crippen molar-refractivity contribution in [3.05, 3.63) is 70.4 Å². The zero-order valence-electron chi connectivity index (χ0n) is 18.5. The predicted molar refractivity (Wildman–Crippen MR) is 121 cm³/mol. The molecule has 1 aliphatic heterocycles. The van der Waals surface area contributed by atoms with E-state index in [1.807, 2.05) is 12.2 Å². The van der Waals surface area contributed by atoms with Gasteiger partial charge in [0.2, 0.25) is 5.43 Å². The van der Waals surface area contributed by atoms with Crippen LogP contribution in [-0.4, -0.2) is 39.9 Å². The summed E-state index contributed by atoms with van der Waals surface area (Å²) < 4.78 is 49.8. The standard InChI is InChI=1S/C24H21F3N4O4/c1-11-2-4-17(28)15-9-30(8-14(11)15)23-20(27)21-13(7-29-23)22(32)19(35-24(33)34)10-31(21)18-5-3-12(25)6-16(18)26/h2-7,10-11,14-15,17H,8-9,28H2,1H3,(H,33,34)/t11-,14-,15-,17+/m0/s1. The van der Waals surface area contributed by atoms with E-state index in [0.717, 1.165) is 29.1 Å². The number of fused-ring (bicyclic) bond motifs is 2. The molecule has 182 valence electrons. The van der Waals surface area contributed by atoms with Gasteiger partial charge in [0.1, 0.15) is 11.6 Å². The Labute approximate surface area is 197 Å². The van der Waals surface area contributed by atoms with Gasteiger partial charge in [0.25, 0.3) is 0 Å². The predicted octanol–water partition coefficient (Wildman–Crippen LogP) is 3.45. The highest BCUT2D eigenvalue weighted by molar-refractivity contribution is 5.85. The van der Waals surface area contributed by atoms with Crippen LogP contribution in [0, 0.1) is 35.2 Å². The van der Waals surface area contributed by atoms with Crippen molar-refractivity contribution in [3.8, 4) is 11.4 Å². The molecule has 0 spiro atoms. The van der Waals surface area contributed by atoms with Crippen molar-refractivity contribution in [2.75, 3.05) is 18.0 Å². The van der Waals surface area contributed by atoms with Gasteiger partial charge in [-0.25, -0.2) is 22.9 Å². The Kier molecular flexibility index (Phi) is 5.51. The van der Waals surface area contributed by atoms with Crippen LogP contribution in [-0.2, 0) is 0 Å². The third-order valence-corrected chi connectivity index (χ3v) is 6.82. The SMILES string of the molecule is C[C@H]1C=C[C@@H](N)[C@H]2CN(c3ncc4c(=O)c(OC(=O)O)cn(-c5ccc(F)cc5F)c4c3F)C[C@H]21. The van der Waals surface area contributed by atoms with E-state index < -0.39 is 34.8 Å². The Hall–Kier alpha value is -3.86. The number of aromatic nitrogens is 2. The summed E-state index contributed by atoms with van der Waals surface area (Å²) in [5, 5.41) is 8.67. The van der Waals surface area contributed by atoms with Crippen LogP contribution in [0.15, 0.2) is 47.5 Å². The van der Waals surface area contributed by atoms with Gasteiger partial charge < -0.3 is 25.0 Å². The molecular weight excluding hydrogens is 465 g/mol. The number of anilines is 1. The fourth-order valence-electron chi connectivity index (χ4n) is 5.08. The first-order chi connectivity index (χ1) is 16.7. The number of carboxylic acid groups (broad SMARTS) is 1. The van der Waals surface area contributed by atoms with Crippen molar-refractivity contribution in [2.24, 2.45) is 23.5 Å². The Morgan fingerprint density at radius 2 is 1.94 bits per heavy atom. The Morgan fingerprint density at radius 1 is 1.20 bits per heavy atom. The molecule has 3 aromatic rings. The highest BCUT2D eigenvalue weighted by Crippen LogP contribution is 2.39. The summed E-state index contributed by atoms with van der Waals surface area (Å²) in [6.45, 7) is 2.98. The summed E-state index contributed by atoms with van der Waals surface area (Å²) in [6.07, 6.45) is 4.17. The van der Waals surface area contributed by atoms with Crippen molar-refractivity contribution in [1.29, 1.82) is 0 Å². The van der Waals surface area contributed by atoms with Crippen LogP contribution in [0.5, 0.6) is 5.75 Å². The lowest BCUT2D eigenvalue weighted by molar-refractivity contribution is 0.144. The van der Waals surface area contributed by atoms with E-state index in [-0.39, 0.29) is 46.2 Å². The number of rotatable bonds is 3. The van der Waals surface area contributed by atoms with E-state index in [1.165, 1.54) is 0 Å². The highest BCUT2D eigenvalue weighted by Gasteiger charge is 2.41. The fourth-order valence-corrected chi connectivity index (χ4v) is 5.08. The van der Waals surface area contributed by atoms with Crippen molar-refractivity contribution in [1.82, 2.24) is 9.55 Å². The maximum Gasteiger partial charge on any atom is 0.511 e. The van der Waals surface area contributed by atoms with Crippen LogP contribution < -0.4 is 20.8 Å². The van der Waals surface area contributed by atoms with Gasteiger partial charge in [-0.3, -0.25) is 4.79 Å². The lowest BCUT2D eigenvalue weighted by atomic mass is 9.77. The number of nitrogens with two attached hydrogens (primary N) is 1. The molecule has 4 atom stereocenters. The van der Waals surface area contributed by atoms with Crippen molar-refractivity contribution in [2.45, 2.75) is 13.0 Å². The highest BCUT2D eigenvalue weighted by atomic mass is 19.1. The molecule has 0 amide bonds. The molecule has 5 rings (SSSR count). The average Bonchev–Trinajstić information content (AvgIpc) is 3.25. The van der Waals surface area contributed by atoms with Gasteiger partial charge >= 0.3 is 6.16 Å². The first-order valence-corrected chi connectivity index (χ1v) is 10.9. The minimum absolute atomic E-state index is 0.0473. The second-order valence-electron chi connectivity index (χ2n) is 8.87. The number of hydrogen-bond donors (Lipinski definition) is 2. The van der Waals surface area contributed by atoms with Crippen LogP contribution in [0.25, 0.3) is 16.6 Å². The lowest BCUT2D eigenvalue weighted by Crippen LogP contribution is -2.38. The molecule has 0 saturated carbocycles. The van der Waals surface area contributed by atoms with Gasteiger partial charge in [-0.2, -0.15) is 0 Å². The van der Waals surface area contributed by atoms with Crippen molar-refractivity contribution >= 4 is 22.9 Å². The molecule has 1 fully saturated rings. The molecule has 1 aliphatic carbocycles. The molecule has 35 heavy (non-hydrogen) atoms. The topological polar surface area (TPSA) is 111 Å². The fraction of sp³-hybridized carbons (Fsp3) is 0.292. The number of hydrogen-bond acceptors (Lipinski definition) is 6. The van der Waals surface area contributed by atoms with E-state index >= 15 is 4.39 Å². The summed E-state index contributed by atoms with van der Waals surface area (Å²) in [6, 6.07) is 2.42. The van der Waals surface area contributed by atoms with Crippen LogP contribution in [0.3, 0.4) is 0 Å². The molecule has 1 aromatic carbocycles. The van der Waals surface area contributed by atoms with E-state index in [0.29, 0.717) is 19.2 Å². The van der Waals surface area contributed by atoms with Crippen LogP contribution in [0.2, 0.25) is 0 Å². The lowest BCUT2D eigenvalue weighted by Gasteiger charge is -2.30. The molecule has 0 radical (unpaired) electrons. The van der Waals surface area contributed by atoms with Gasteiger partial charge in [0, 0.05) is 37.3 Å². The number of carbonyl (C=O) groups is 1. The zero-order valence-corrected chi connectivity index (χ0v) is 18.5. The molecule has 0 unspecified atom stereocenters. The Bertz CT molecular complexity index is 1420. The number of allylic oxidation sites excluding steroid dienone is 1. The summed E-state index contributed by atoms with van der Waals surface area (Å²) in [5.41, 5.74) is 4.67. The van der Waals surface area contributed by atoms with E-state index in [1.54, 1.807) is 4.90 Å². The first-order valence-electron chi connectivity index (χ1n) is 10.9. The van der Waals surface area contributed by atoms with E-state index in [2.05, 4.69) is 16.6 Å². The van der Waals surface area contributed by atoms with E-state index in [9.17, 15) is 18.4 Å². The number of pyridine rings is 2. The second kappa shape index (κ2) is 8.42. The third kappa shape index (κ3) is 3.81. The van der Waals surface area contributed by atoms with Crippen LogP contribution in [0.1, 0.15) is 6.92 Å².